The summed E-state index contributed by atoms with van der Waals surface area (Å²) in [7, 11) is 0. The molecule has 0 bridgehead atoms. The van der Waals surface area contributed by atoms with Crippen molar-refractivity contribution < 1.29 is 14.3 Å². The average Bonchev–Trinajstić information content (AvgIpc) is 2.81. The van der Waals surface area contributed by atoms with E-state index >= 15 is 0 Å². The topological polar surface area (TPSA) is 43.4 Å². The van der Waals surface area contributed by atoms with Crippen LogP contribution in [0.2, 0.25) is 0 Å². The fourth-order valence-electron chi connectivity index (χ4n) is 2.64. The molecule has 1 aliphatic carbocycles. The normalized spacial score (nSPS) is 16.7. The van der Waals surface area contributed by atoms with Crippen LogP contribution in [0, 0.1) is 0 Å². The maximum atomic E-state index is 11.7. The molecule has 1 heterocycles. The Morgan fingerprint density at radius 1 is 0.765 bits per heavy atom. The Labute approximate surface area is 96.3 Å². The lowest BCUT2D eigenvalue weighted by molar-refractivity contribution is -0.149. The molecule has 2 aromatic rings. The maximum Gasteiger partial charge on any atom is 0.347 e. The molecule has 1 aliphatic heterocycles. The molecule has 2 aliphatic rings. The first-order valence-electron chi connectivity index (χ1n) is 5.30. The van der Waals surface area contributed by atoms with Crippen LogP contribution < -0.4 is 0 Å². The molecule has 0 spiro atoms. The number of hydrogen-bond acceptors (Lipinski definition) is 3. The Balaban J connectivity index is 2.24. The summed E-state index contributed by atoms with van der Waals surface area (Å²) in [4.78, 5) is 23.3. The molecule has 4 rings (SSSR count). The van der Waals surface area contributed by atoms with Gasteiger partial charge >= 0.3 is 11.9 Å². The van der Waals surface area contributed by atoms with Crippen LogP contribution in [0.5, 0.6) is 0 Å². The summed E-state index contributed by atoms with van der Waals surface area (Å²) in [6.07, 6.45) is 0. The molecule has 0 fully saturated rings. The Morgan fingerprint density at radius 3 is 1.82 bits per heavy atom. The van der Waals surface area contributed by atoms with E-state index in [9.17, 15) is 9.59 Å². The third-order valence-electron chi connectivity index (χ3n) is 3.29. The Morgan fingerprint density at radius 2 is 1.29 bits per heavy atom. The lowest BCUT2D eigenvalue weighted by atomic mass is 10.0. The summed E-state index contributed by atoms with van der Waals surface area (Å²) < 4.78 is 4.66. The van der Waals surface area contributed by atoms with Gasteiger partial charge in [0.1, 0.15) is 0 Å². The van der Waals surface area contributed by atoms with Crippen LogP contribution in [-0.4, -0.2) is 11.9 Å². The highest BCUT2D eigenvalue weighted by molar-refractivity contribution is 6.49. The lowest BCUT2D eigenvalue weighted by Crippen LogP contribution is -2.04. The maximum absolute atomic E-state index is 11.7. The van der Waals surface area contributed by atoms with Crippen molar-refractivity contribution in [3.05, 3.63) is 47.5 Å². The Kier molecular flexibility index (Phi) is 1.35. The largest absolute Gasteiger partial charge is 0.386 e. The number of ether oxygens (including phenoxy) is 1. The highest BCUT2D eigenvalue weighted by Crippen LogP contribution is 2.45. The van der Waals surface area contributed by atoms with Crippen molar-refractivity contribution in [1.29, 1.82) is 0 Å². The number of carbonyl (C=O) groups excluding carboxylic acids is 2. The van der Waals surface area contributed by atoms with Gasteiger partial charge in [-0.3, -0.25) is 0 Å². The SMILES string of the molecule is O=C1OC(=O)C2=C1c1cccc3cccc2c13. The molecule has 2 aromatic carbocycles. The van der Waals surface area contributed by atoms with Crippen LogP contribution in [0.4, 0.5) is 0 Å². The van der Waals surface area contributed by atoms with E-state index in [0.717, 1.165) is 21.9 Å². The zero-order chi connectivity index (χ0) is 11.6. The van der Waals surface area contributed by atoms with E-state index in [-0.39, 0.29) is 0 Å². The summed E-state index contributed by atoms with van der Waals surface area (Å²) in [6.45, 7) is 0. The molecular weight excluding hydrogens is 216 g/mol. The molecule has 80 valence electrons. The van der Waals surface area contributed by atoms with Crippen molar-refractivity contribution in [2.75, 3.05) is 0 Å². The van der Waals surface area contributed by atoms with Crippen molar-refractivity contribution in [3.63, 3.8) is 0 Å². The number of carbonyl (C=O) groups is 2. The fourth-order valence-corrected chi connectivity index (χ4v) is 2.64. The van der Waals surface area contributed by atoms with Crippen LogP contribution >= 0.6 is 0 Å². The number of hydrogen-bond donors (Lipinski definition) is 0. The van der Waals surface area contributed by atoms with E-state index in [4.69, 9.17) is 0 Å². The van der Waals surface area contributed by atoms with Crippen LogP contribution in [0.15, 0.2) is 36.4 Å². The minimum absolute atomic E-state index is 0.418. The average molecular weight is 222 g/mol. The van der Waals surface area contributed by atoms with Gasteiger partial charge in [-0.1, -0.05) is 36.4 Å². The molecule has 3 heteroatoms. The van der Waals surface area contributed by atoms with E-state index in [1.807, 2.05) is 36.4 Å². The third kappa shape index (κ3) is 0.877. The van der Waals surface area contributed by atoms with Crippen LogP contribution in [0.1, 0.15) is 11.1 Å². The summed E-state index contributed by atoms with van der Waals surface area (Å²) in [5, 5.41) is 2.01. The van der Waals surface area contributed by atoms with Gasteiger partial charge in [0.2, 0.25) is 0 Å². The van der Waals surface area contributed by atoms with E-state index in [0.29, 0.717) is 11.1 Å². The molecule has 0 saturated carbocycles. The molecule has 0 aromatic heterocycles. The molecular formula is C14H6O3. The van der Waals surface area contributed by atoms with Gasteiger partial charge in [0.15, 0.2) is 0 Å². The second-order valence-corrected chi connectivity index (χ2v) is 4.14. The van der Waals surface area contributed by atoms with Crippen molar-refractivity contribution in [2.45, 2.75) is 0 Å². The first-order valence-corrected chi connectivity index (χ1v) is 5.30. The van der Waals surface area contributed by atoms with Crippen LogP contribution in [0.25, 0.3) is 21.9 Å². The third-order valence-corrected chi connectivity index (χ3v) is 3.29. The van der Waals surface area contributed by atoms with Gasteiger partial charge < -0.3 is 4.74 Å². The van der Waals surface area contributed by atoms with E-state index < -0.39 is 11.9 Å². The minimum Gasteiger partial charge on any atom is -0.386 e. The number of benzene rings is 2. The van der Waals surface area contributed by atoms with Crippen molar-refractivity contribution in [2.24, 2.45) is 0 Å². The second-order valence-electron chi connectivity index (χ2n) is 4.14. The summed E-state index contributed by atoms with van der Waals surface area (Å²) >= 11 is 0. The quantitative estimate of drug-likeness (QED) is 0.506. The zero-order valence-electron chi connectivity index (χ0n) is 8.69. The summed E-state index contributed by atoms with van der Waals surface area (Å²) in [5.41, 5.74) is 2.46. The Bertz CT molecular complexity index is 694. The van der Waals surface area contributed by atoms with E-state index in [1.54, 1.807) is 0 Å². The van der Waals surface area contributed by atoms with E-state index in [1.165, 1.54) is 0 Å². The highest BCUT2D eigenvalue weighted by Gasteiger charge is 2.40. The zero-order valence-corrected chi connectivity index (χ0v) is 8.69. The predicted octanol–water partition coefficient (Wildman–Crippen LogP) is 2.15. The number of fused-ring (bicyclic) bond motifs is 2. The van der Waals surface area contributed by atoms with Gasteiger partial charge in [0.25, 0.3) is 0 Å². The molecule has 0 unspecified atom stereocenters. The first-order chi connectivity index (χ1) is 8.27. The van der Waals surface area contributed by atoms with Crippen molar-refractivity contribution in [1.82, 2.24) is 0 Å². The summed E-state index contributed by atoms with van der Waals surface area (Å²) in [5.74, 6) is -1.07. The van der Waals surface area contributed by atoms with Gasteiger partial charge in [0.05, 0.1) is 11.1 Å². The highest BCUT2D eigenvalue weighted by atomic mass is 16.6. The molecule has 0 N–H and O–H groups in total. The van der Waals surface area contributed by atoms with Crippen molar-refractivity contribution in [3.8, 4) is 0 Å². The van der Waals surface area contributed by atoms with E-state index in [2.05, 4.69) is 4.74 Å². The summed E-state index contributed by atoms with van der Waals surface area (Å²) in [6, 6.07) is 11.4. The van der Waals surface area contributed by atoms with Gasteiger partial charge in [0, 0.05) is 0 Å². The second kappa shape index (κ2) is 2.63. The standard InChI is InChI=1S/C14H6O3/c15-13-11-8-5-1-3-7-4-2-6-9(10(7)8)12(11)14(16)17-13/h1-6H. The first kappa shape index (κ1) is 8.70. The molecule has 17 heavy (non-hydrogen) atoms. The minimum atomic E-state index is -0.534. The lowest BCUT2D eigenvalue weighted by Gasteiger charge is -2.04. The van der Waals surface area contributed by atoms with Gasteiger partial charge in [-0.15, -0.1) is 0 Å². The molecule has 0 amide bonds. The van der Waals surface area contributed by atoms with Gasteiger partial charge in [-0.05, 0) is 21.9 Å². The van der Waals surface area contributed by atoms with Crippen molar-refractivity contribution >= 4 is 33.9 Å². The molecule has 0 saturated heterocycles. The number of rotatable bonds is 0. The van der Waals surface area contributed by atoms with Gasteiger partial charge in [-0.25, -0.2) is 9.59 Å². The van der Waals surface area contributed by atoms with Gasteiger partial charge in [-0.2, -0.15) is 0 Å². The van der Waals surface area contributed by atoms with Crippen LogP contribution in [0.3, 0.4) is 0 Å². The number of esters is 2. The predicted molar refractivity (Wildman–Crippen MR) is 61.9 cm³/mol. The molecule has 0 radical (unpaired) electrons. The Hall–Kier alpha value is -2.42. The number of cyclic esters (lactones) is 2. The molecule has 0 atom stereocenters. The monoisotopic (exact) mass is 222 g/mol. The molecule has 3 nitrogen and oxygen atoms in total. The van der Waals surface area contributed by atoms with Crippen LogP contribution in [-0.2, 0) is 14.3 Å². The fraction of sp³-hybridized carbons (Fsp3) is 0. The smallest absolute Gasteiger partial charge is 0.347 e.